The lowest BCUT2D eigenvalue weighted by molar-refractivity contribution is -0.126. The Balaban J connectivity index is 1.61. The molecule has 30 heavy (non-hydrogen) atoms. The van der Waals surface area contributed by atoms with Gasteiger partial charge in [-0.05, 0) is 55.0 Å². The Kier molecular flexibility index (Phi) is 7.55. The molecule has 1 fully saturated rings. The number of hydrogen-bond acceptors (Lipinski definition) is 3. The van der Waals surface area contributed by atoms with Crippen molar-refractivity contribution in [2.24, 2.45) is 5.92 Å². The van der Waals surface area contributed by atoms with Gasteiger partial charge in [0.1, 0.15) is 0 Å². The number of piperidine rings is 1. The van der Waals surface area contributed by atoms with E-state index in [9.17, 15) is 13.2 Å². The molecule has 2 atom stereocenters. The smallest absolute Gasteiger partial charge is 0.224 e. The SMILES string of the molecule is CCc1ccc(C(C)NC(=O)C2CCCN(S(=O)(=O)Cc3ccc(Cl)cc3)C2)cc1. The Morgan fingerprint density at radius 2 is 1.77 bits per heavy atom. The maximum Gasteiger partial charge on any atom is 0.224 e. The topological polar surface area (TPSA) is 66.5 Å². The summed E-state index contributed by atoms with van der Waals surface area (Å²) in [5.74, 6) is -0.511. The van der Waals surface area contributed by atoms with Gasteiger partial charge in [-0.3, -0.25) is 4.79 Å². The molecule has 1 amide bonds. The molecule has 0 saturated carbocycles. The summed E-state index contributed by atoms with van der Waals surface area (Å²) < 4.78 is 27.2. The number of halogens is 1. The first-order chi connectivity index (χ1) is 14.3. The highest BCUT2D eigenvalue weighted by molar-refractivity contribution is 7.88. The van der Waals surface area contributed by atoms with Gasteiger partial charge in [0.25, 0.3) is 0 Å². The summed E-state index contributed by atoms with van der Waals surface area (Å²) in [5, 5.41) is 3.63. The van der Waals surface area contributed by atoms with Crippen molar-refractivity contribution < 1.29 is 13.2 Å². The number of nitrogens with one attached hydrogen (secondary N) is 1. The van der Waals surface area contributed by atoms with Crippen molar-refractivity contribution in [3.63, 3.8) is 0 Å². The van der Waals surface area contributed by atoms with Gasteiger partial charge in [-0.2, -0.15) is 0 Å². The number of benzene rings is 2. The lowest BCUT2D eigenvalue weighted by Crippen LogP contribution is -2.46. The fourth-order valence-corrected chi connectivity index (χ4v) is 5.48. The van der Waals surface area contributed by atoms with Gasteiger partial charge in [0.15, 0.2) is 0 Å². The second-order valence-corrected chi connectivity index (χ2v) is 10.3. The molecule has 0 radical (unpaired) electrons. The maximum absolute atomic E-state index is 12.9. The Bertz CT molecular complexity index is 959. The molecule has 5 nitrogen and oxygen atoms in total. The molecule has 0 bridgehead atoms. The minimum atomic E-state index is -3.49. The molecule has 0 spiro atoms. The highest BCUT2D eigenvalue weighted by Crippen LogP contribution is 2.23. The number of sulfonamides is 1. The number of aryl methyl sites for hydroxylation is 1. The van der Waals surface area contributed by atoms with Crippen molar-refractivity contribution in [1.29, 1.82) is 0 Å². The van der Waals surface area contributed by atoms with E-state index in [1.165, 1.54) is 9.87 Å². The highest BCUT2D eigenvalue weighted by Gasteiger charge is 2.32. The van der Waals surface area contributed by atoms with Crippen LogP contribution in [0, 0.1) is 5.92 Å². The summed E-state index contributed by atoms with van der Waals surface area (Å²) in [6.07, 6.45) is 2.35. The van der Waals surface area contributed by atoms with E-state index in [-0.39, 0.29) is 30.2 Å². The quantitative estimate of drug-likeness (QED) is 0.685. The first kappa shape index (κ1) is 22.8. The maximum atomic E-state index is 12.9. The largest absolute Gasteiger partial charge is 0.349 e. The predicted octanol–water partition coefficient (Wildman–Crippen LogP) is 4.32. The van der Waals surface area contributed by atoms with Gasteiger partial charge in [0.05, 0.1) is 17.7 Å². The second kappa shape index (κ2) is 9.94. The Morgan fingerprint density at radius 1 is 1.13 bits per heavy atom. The van der Waals surface area contributed by atoms with E-state index in [4.69, 9.17) is 11.6 Å². The molecule has 1 aliphatic rings. The van der Waals surface area contributed by atoms with Crippen LogP contribution in [0.3, 0.4) is 0 Å². The number of hydrogen-bond donors (Lipinski definition) is 1. The first-order valence-corrected chi connectivity index (χ1v) is 12.4. The monoisotopic (exact) mass is 448 g/mol. The molecule has 2 aromatic rings. The van der Waals surface area contributed by atoms with Crippen molar-refractivity contribution in [3.8, 4) is 0 Å². The molecule has 0 aromatic heterocycles. The van der Waals surface area contributed by atoms with E-state index < -0.39 is 10.0 Å². The number of rotatable bonds is 7. The van der Waals surface area contributed by atoms with Crippen LogP contribution in [0.15, 0.2) is 48.5 Å². The Labute approximate surface area is 184 Å². The van der Waals surface area contributed by atoms with Crippen LogP contribution in [-0.2, 0) is 27.0 Å². The van der Waals surface area contributed by atoms with Gasteiger partial charge in [0, 0.05) is 18.1 Å². The molecule has 0 aliphatic carbocycles. The van der Waals surface area contributed by atoms with Crippen molar-refractivity contribution in [2.45, 2.75) is 44.9 Å². The Morgan fingerprint density at radius 3 is 2.40 bits per heavy atom. The zero-order valence-electron chi connectivity index (χ0n) is 17.5. The van der Waals surface area contributed by atoms with Crippen LogP contribution in [-0.4, -0.2) is 31.7 Å². The summed E-state index contributed by atoms with van der Waals surface area (Å²) in [7, 11) is -3.49. The molecule has 3 rings (SSSR count). The highest BCUT2D eigenvalue weighted by atomic mass is 35.5. The lowest BCUT2D eigenvalue weighted by Gasteiger charge is -2.32. The van der Waals surface area contributed by atoms with E-state index in [0.717, 1.165) is 12.0 Å². The summed E-state index contributed by atoms with van der Waals surface area (Å²) >= 11 is 5.88. The fraction of sp³-hybridized carbons (Fsp3) is 0.435. The molecule has 162 valence electrons. The third-order valence-corrected chi connectivity index (χ3v) is 7.73. The van der Waals surface area contributed by atoms with Crippen molar-refractivity contribution in [3.05, 3.63) is 70.2 Å². The predicted molar refractivity (Wildman–Crippen MR) is 121 cm³/mol. The zero-order chi connectivity index (χ0) is 21.7. The molecular formula is C23H29ClN2O3S. The Hall–Kier alpha value is -1.89. The standard InChI is InChI=1S/C23H29ClN2O3S/c1-3-18-6-10-20(11-7-18)17(2)25-23(27)21-5-4-14-26(15-21)30(28,29)16-19-8-12-22(24)13-9-19/h6-13,17,21H,3-5,14-16H2,1-2H3,(H,25,27). The van der Waals surface area contributed by atoms with E-state index in [0.29, 0.717) is 30.0 Å². The number of carbonyl (C=O) groups is 1. The molecule has 7 heteroatoms. The average molecular weight is 449 g/mol. The molecular weight excluding hydrogens is 420 g/mol. The molecule has 2 aromatic carbocycles. The van der Waals surface area contributed by atoms with Crippen LogP contribution in [0.2, 0.25) is 5.02 Å². The second-order valence-electron chi connectivity index (χ2n) is 7.91. The molecule has 1 aliphatic heterocycles. The van der Waals surface area contributed by atoms with Crippen LogP contribution in [0.5, 0.6) is 0 Å². The third kappa shape index (κ3) is 5.84. The molecule has 1 heterocycles. The van der Waals surface area contributed by atoms with Crippen molar-refractivity contribution in [1.82, 2.24) is 9.62 Å². The van der Waals surface area contributed by atoms with Crippen LogP contribution >= 0.6 is 11.6 Å². The summed E-state index contributed by atoms with van der Waals surface area (Å²) in [6.45, 7) is 4.74. The number of nitrogens with zero attached hydrogens (tertiary/aromatic N) is 1. The third-order valence-electron chi connectivity index (χ3n) is 5.66. The number of amides is 1. The van der Waals surface area contributed by atoms with Gasteiger partial charge in [-0.15, -0.1) is 0 Å². The average Bonchev–Trinajstić information content (AvgIpc) is 2.75. The molecule has 2 unspecified atom stereocenters. The van der Waals surface area contributed by atoms with Crippen molar-refractivity contribution >= 4 is 27.5 Å². The van der Waals surface area contributed by atoms with Gasteiger partial charge in [-0.25, -0.2) is 12.7 Å². The minimum Gasteiger partial charge on any atom is -0.349 e. The van der Waals surface area contributed by atoms with Gasteiger partial charge >= 0.3 is 0 Å². The summed E-state index contributed by atoms with van der Waals surface area (Å²) in [4.78, 5) is 12.8. The van der Waals surface area contributed by atoms with Gasteiger partial charge < -0.3 is 5.32 Å². The van der Waals surface area contributed by atoms with E-state index in [1.54, 1.807) is 24.3 Å². The van der Waals surface area contributed by atoms with Crippen LogP contribution in [0.25, 0.3) is 0 Å². The number of carbonyl (C=O) groups excluding carboxylic acids is 1. The zero-order valence-corrected chi connectivity index (χ0v) is 19.0. The molecule has 1 saturated heterocycles. The van der Waals surface area contributed by atoms with Gasteiger partial charge in [0.2, 0.25) is 15.9 Å². The van der Waals surface area contributed by atoms with Crippen LogP contribution in [0.1, 0.15) is 49.4 Å². The normalized spacial score (nSPS) is 18.7. The van der Waals surface area contributed by atoms with Crippen molar-refractivity contribution in [2.75, 3.05) is 13.1 Å². The first-order valence-electron chi connectivity index (χ1n) is 10.4. The lowest BCUT2D eigenvalue weighted by atomic mass is 9.97. The summed E-state index contributed by atoms with van der Waals surface area (Å²) in [5.41, 5.74) is 2.99. The van der Waals surface area contributed by atoms with Gasteiger partial charge in [-0.1, -0.05) is 54.9 Å². The fourth-order valence-electron chi connectivity index (χ4n) is 3.75. The minimum absolute atomic E-state index is 0.0846. The molecule has 1 N–H and O–H groups in total. The van der Waals surface area contributed by atoms with E-state index in [1.807, 2.05) is 19.1 Å². The van der Waals surface area contributed by atoms with Crippen LogP contribution < -0.4 is 5.32 Å². The summed E-state index contributed by atoms with van der Waals surface area (Å²) in [6, 6.07) is 14.9. The van der Waals surface area contributed by atoms with Crippen LogP contribution in [0.4, 0.5) is 0 Å². The van der Waals surface area contributed by atoms with E-state index in [2.05, 4.69) is 24.4 Å². The van der Waals surface area contributed by atoms with E-state index >= 15 is 0 Å².